The number of carbonyl (C=O) groups excluding carboxylic acids is 3. The highest BCUT2D eigenvalue weighted by Gasteiger charge is 2.24. The van der Waals surface area contributed by atoms with E-state index < -0.39 is 11.9 Å². The van der Waals surface area contributed by atoms with Crippen LogP contribution in [0.5, 0.6) is 0 Å². The lowest BCUT2D eigenvalue weighted by molar-refractivity contribution is -0.117. The van der Waals surface area contributed by atoms with E-state index in [4.69, 9.17) is 5.26 Å². The van der Waals surface area contributed by atoms with Crippen molar-refractivity contribution in [3.05, 3.63) is 22.9 Å². The van der Waals surface area contributed by atoms with Crippen LogP contribution in [-0.4, -0.2) is 34.5 Å². The molecule has 1 aliphatic carbocycles. The largest absolute Gasteiger partial charge is 0.335 e. The summed E-state index contributed by atoms with van der Waals surface area (Å²) in [5.41, 5.74) is 1.13. The summed E-state index contributed by atoms with van der Waals surface area (Å²) in [4.78, 5) is 38.9. The lowest BCUT2D eigenvalue weighted by Crippen LogP contribution is -2.41. The average molecular weight is 332 g/mol. The average Bonchev–Trinajstić information content (AvgIpc) is 3.28. The molecule has 3 amide bonds. The number of imide groups is 1. The topological polar surface area (TPSA) is 112 Å². The smallest absolute Gasteiger partial charge is 0.321 e. The predicted molar refractivity (Wildman–Crippen MR) is 84.1 cm³/mol. The Hall–Kier alpha value is -2.40. The van der Waals surface area contributed by atoms with E-state index in [1.165, 1.54) is 13.0 Å². The number of pyridine rings is 1. The normalized spacial score (nSPS) is 13.1. The number of carbonyl (C=O) groups is 3. The number of aryl methyl sites for hydroxylation is 1. The number of urea groups is 1. The third-order valence-electron chi connectivity index (χ3n) is 3.18. The van der Waals surface area contributed by atoms with E-state index in [9.17, 15) is 14.4 Å². The zero-order chi connectivity index (χ0) is 17.0. The van der Waals surface area contributed by atoms with E-state index >= 15 is 0 Å². The Morgan fingerprint density at radius 2 is 2.13 bits per heavy atom. The number of Topliss-reactive ketones (excluding diaryl/α,β-unsaturated/α-hetero) is 1. The zero-order valence-corrected chi connectivity index (χ0v) is 13.6. The van der Waals surface area contributed by atoms with Gasteiger partial charge >= 0.3 is 6.03 Å². The van der Waals surface area contributed by atoms with Gasteiger partial charge in [0.25, 0.3) is 0 Å². The first-order chi connectivity index (χ1) is 10.9. The van der Waals surface area contributed by atoms with Crippen LogP contribution in [0.3, 0.4) is 0 Å². The van der Waals surface area contributed by atoms with Gasteiger partial charge in [0, 0.05) is 17.3 Å². The summed E-state index contributed by atoms with van der Waals surface area (Å²) < 4.78 is 0. The van der Waals surface area contributed by atoms with Gasteiger partial charge in [-0.25, -0.2) is 9.78 Å². The predicted octanol–water partition coefficient (Wildman–Crippen LogP) is 1.54. The number of aromatic nitrogens is 1. The van der Waals surface area contributed by atoms with Crippen LogP contribution in [0.4, 0.5) is 4.79 Å². The van der Waals surface area contributed by atoms with Crippen LogP contribution in [0.1, 0.15) is 41.4 Å². The maximum absolute atomic E-state index is 11.7. The molecule has 1 heterocycles. The highest BCUT2D eigenvalue weighted by molar-refractivity contribution is 8.00. The van der Waals surface area contributed by atoms with E-state index in [1.807, 2.05) is 6.07 Å². The van der Waals surface area contributed by atoms with E-state index in [0.717, 1.165) is 24.6 Å². The highest BCUT2D eigenvalue weighted by Crippen LogP contribution is 2.23. The molecule has 0 unspecified atom stereocenters. The van der Waals surface area contributed by atoms with Gasteiger partial charge in [-0.3, -0.25) is 14.9 Å². The van der Waals surface area contributed by atoms with E-state index in [0.29, 0.717) is 16.3 Å². The summed E-state index contributed by atoms with van der Waals surface area (Å²) in [5, 5.41) is 14.4. The number of amides is 3. The quantitative estimate of drug-likeness (QED) is 0.625. The number of thioether (sulfide) groups is 1. The molecule has 1 aliphatic rings. The van der Waals surface area contributed by atoms with Crippen LogP contribution in [0.15, 0.2) is 11.1 Å². The molecule has 8 heteroatoms. The Bertz CT molecular complexity index is 707. The maximum atomic E-state index is 11.7. The molecule has 7 nitrogen and oxygen atoms in total. The molecular weight excluding hydrogens is 316 g/mol. The van der Waals surface area contributed by atoms with Gasteiger partial charge in [-0.05, 0) is 32.8 Å². The van der Waals surface area contributed by atoms with Crippen molar-refractivity contribution in [2.45, 2.75) is 37.8 Å². The first-order valence-corrected chi connectivity index (χ1v) is 8.05. The van der Waals surface area contributed by atoms with Gasteiger partial charge in [-0.15, -0.1) is 0 Å². The van der Waals surface area contributed by atoms with Crippen molar-refractivity contribution < 1.29 is 14.4 Å². The first kappa shape index (κ1) is 17.0. The van der Waals surface area contributed by atoms with Gasteiger partial charge in [0.1, 0.15) is 11.1 Å². The van der Waals surface area contributed by atoms with E-state index in [2.05, 4.69) is 15.6 Å². The molecule has 2 N–H and O–H groups in total. The molecule has 0 bridgehead atoms. The Kier molecular flexibility index (Phi) is 5.34. The number of nitriles is 1. The Morgan fingerprint density at radius 3 is 2.70 bits per heavy atom. The third kappa shape index (κ3) is 4.79. The number of hydrogen-bond acceptors (Lipinski definition) is 6. The zero-order valence-electron chi connectivity index (χ0n) is 12.8. The van der Waals surface area contributed by atoms with Gasteiger partial charge in [0.15, 0.2) is 5.78 Å². The second-order valence-corrected chi connectivity index (χ2v) is 6.19. The molecule has 0 saturated heterocycles. The first-order valence-electron chi connectivity index (χ1n) is 7.06. The van der Waals surface area contributed by atoms with Crippen LogP contribution in [0.25, 0.3) is 0 Å². The summed E-state index contributed by atoms with van der Waals surface area (Å²) in [6.45, 7) is 3.08. The molecule has 1 aromatic heterocycles. The lowest BCUT2D eigenvalue weighted by atomic mass is 10.1. The molecule has 1 fully saturated rings. The summed E-state index contributed by atoms with van der Waals surface area (Å²) in [6, 6.07) is 3.11. The summed E-state index contributed by atoms with van der Waals surface area (Å²) in [6.07, 6.45) is 1.88. The Morgan fingerprint density at radius 1 is 1.43 bits per heavy atom. The fourth-order valence-electron chi connectivity index (χ4n) is 1.88. The van der Waals surface area contributed by atoms with Crippen molar-refractivity contribution in [3.63, 3.8) is 0 Å². The molecule has 0 aliphatic heterocycles. The highest BCUT2D eigenvalue weighted by atomic mass is 32.2. The fourth-order valence-corrected chi connectivity index (χ4v) is 2.68. The minimum Gasteiger partial charge on any atom is -0.335 e. The van der Waals surface area contributed by atoms with Crippen LogP contribution >= 0.6 is 11.8 Å². The molecule has 23 heavy (non-hydrogen) atoms. The van der Waals surface area contributed by atoms with Crippen LogP contribution in [0.2, 0.25) is 0 Å². The number of hydrogen-bond donors (Lipinski definition) is 2. The van der Waals surface area contributed by atoms with Crippen LogP contribution in [-0.2, 0) is 4.79 Å². The molecule has 0 atom stereocenters. The van der Waals surface area contributed by atoms with Crippen LogP contribution in [0, 0.1) is 18.3 Å². The molecule has 0 radical (unpaired) electrons. The number of ketones is 1. The minimum atomic E-state index is -0.505. The van der Waals surface area contributed by atoms with Crippen molar-refractivity contribution in [1.29, 1.82) is 5.26 Å². The number of nitrogens with zero attached hydrogens (tertiary/aromatic N) is 2. The van der Waals surface area contributed by atoms with Crippen molar-refractivity contribution >= 4 is 29.5 Å². The van der Waals surface area contributed by atoms with E-state index in [1.54, 1.807) is 6.92 Å². The summed E-state index contributed by atoms with van der Waals surface area (Å²) >= 11 is 1.05. The monoisotopic (exact) mass is 332 g/mol. The molecular formula is C15H16N4O3S. The second kappa shape index (κ2) is 7.24. The SMILES string of the molecule is CC(=O)c1cc(C#N)c(SCC(=O)NC(=O)NC2CC2)nc1C. The fraction of sp³-hybridized carbons (Fsp3) is 0.400. The van der Waals surface area contributed by atoms with Crippen molar-refractivity contribution in [2.24, 2.45) is 0 Å². The Labute approximate surface area is 137 Å². The van der Waals surface area contributed by atoms with Gasteiger partial charge < -0.3 is 5.32 Å². The Balaban J connectivity index is 1.97. The molecule has 0 aromatic carbocycles. The number of rotatable bonds is 5. The van der Waals surface area contributed by atoms with E-state index in [-0.39, 0.29) is 23.1 Å². The maximum Gasteiger partial charge on any atom is 0.321 e. The molecule has 1 saturated carbocycles. The third-order valence-corrected chi connectivity index (χ3v) is 4.17. The molecule has 120 valence electrons. The number of nitrogens with one attached hydrogen (secondary N) is 2. The molecule has 1 aromatic rings. The minimum absolute atomic E-state index is 0.0430. The standard InChI is InChI=1S/C15H16N4O3S/c1-8-12(9(2)20)5-10(6-16)14(17-8)23-7-13(21)19-15(22)18-11-3-4-11/h5,11H,3-4,7H2,1-2H3,(H2,18,19,21,22). The molecule has 2 rings (SSSR count). The van der Waals surface area contributed by atoms with Gasteiger partial charge in [0.2, 0.25) is 5.91 Å². The van der Waals surface area contributed by atoms with Crippen molar-refractivity contribution in [2.75, 3.05) is 5.75 Å². The summed E-state index contributed by atoms with van der Waals surface area (Å²) in [7, 11) is 0. The van der Waals surface area contributed by atoms with Gasteiger partial charge in [-0.1, -0.05) is 11.8 Å². The van der Waals surface area contributed by atoms with Gasteiger partial charge in [-0.2, -0.15) is 5.26 Å². The lowest BCUT2D eigenvalue weighted by Gasteiger charge is -2.08. The van der Waals surface area contributed by atoms with Crippen molar-refractivity contribution in [1.82, 2.24) is 15.6 Å². The molecule has 0 spiro atoms. The summed E-state index contributed by atoms with van der Waals surface area (Å²) in [5.74, 6) is -0.678. The van der Waals surface area contributed by atoms with Crippen molar-refractivity contribution in [3.8, 4) is 6.07 Å². The second-order valence-electron chi connectivity index (χ2n) is 5.23. The van der Waals surface area contributed by atoms with Crippen LogP contribution < -0.4 is 10.6 Å². The van der Waals surface area contributed by atoms with Gasteiger partial charge in [0.05, 0.1) is 11.3 Å².